The minimum absolute atomic E-state index is 0. The molecule has 0 saturated heterocycles. The Hall–Kier alpha value is -0.650. The minimum atomic E-state index is -1.46. The molecule has 0 aromatic carbocycles. The highest BCUT2D eigenvalue weighted by Crippen LogP contribution is 1.85. The molecule has 0 aliphatic heterocycles. The van der Waals surface area contributed by atoms with Crippen LogP contribution in [0.25, 0.3) is 0 Å². The second-order valence-corrected chi connectivity index (χ2v) is 1.38. The lowest BCUT2D eigenvalue weighted by molar-refractivity contribution is -0.121. The fraction of sp³-hybridized carbons (Fsp3) is 0.750. The van der Waals surface area contributed by atoms with E-state index in [1.165, 1.54) is 0 Å². The first kappa shape index (κ1) is 39.5. The molecule has 2 atom stereocenters. The molecule has 0 radical (unpaired) electrons. The van der Waals surface area contributed by atoms with E-state index in [-0.39, 0.29) is 33.7 Å². The Balaban J connectivity index is -0.0000000245. The number of rotatable bonds is 3. The summed E-state index contributed by atoms with van der Waals surface area (Å²) >= 11 is 0. The number of hydrogen-bond acceptors (Lipinski definition) is 4. The van der Waals surface area contributed by atoms with Gasteiger partial charge in [-0.05, 0) is 0 Å². The highest BCUT2D eigenvalue weighted by molar-refractivity contribution is 5.56. The van der Waals surface area contributed by atoms with Crippen LogP contribution < -0.4 is 0 Å². The average molecular weight is 210 g/mol. The monoisotopic (exact) mass is 210 g/mol. The Morgan fingerprint density at radius 1 is 1.00 bits per heavy atom. The number of carbonyl (C=O) groups excluding carboxylic acids is 1. The minimum Gasteiger partial charge on any atom is -0.412 e. The van der Waals surface area contributed by atoms with Gasteiger partial charge in [-0.25, -0.2) is 0 Å². The van der Waals surface area contributed by atoms with Gasteiger partial charge in [0.15, 0.2) is 6.29 Å². The lowest BCUT2D eigenvalue weighted by Gasteiger charge is -2.06. The van der Waals surface area contributed by atoms with Gasteiger partial charge < -0.3 is 47.5 Å². The number of carbonyl (C=O) groups is 1. The van der Waals surface area contributed by atoms with Crippen molar-refractivity contribution in [2.45, 2.75) is 12.2 Å². The first-order valence-corrected chi connectivity index (χ1v) is 2.14. The van der Waals surface area contributed by atoms with Crippen LogP contribution in [-0.2, 0) is 4.79 Å². The molecule has 0 rings (SSSR count). The van der Waals surface area contributed by atoms with Gasteiger partial charge in [0, 0.05) is 0 Å². The molecular formula is C4H18O9. The standard InChI is InChI=1S/C4H8O4.5H2O/c5-1-3(7)4(8)2-6;;;;;/h1,3-4,6-8H,2H2;5*1H2/t3-,4-;;;;;/m1...../s1. The van der Waals surface area contributed by atoms with Crippen LogP contribution in [0.15, 0.2) is 0 Å². The van der Waals surface area contributed by atoms with Crippen molar-refractivity contribution in [3.8, 4) is 0 Å². The second-order valence-electron chi connectivity index (χ2n) is 1.38. The quantitative estimate of drug-likeness (QED) is 0.385. The Morgan fingerprint density at radius 3 is 1.38 bits per heavy atom. The smallest absolute Gasteiger partial charge is 0.151 e. The third-order valence-corrected chi connectivity index (χ3v) is 0.721. The van der Waals surface area contributed by atoms with Gasteiger partial charge in [0.05, 0.1) is 6.61 Å². The fourth-order valence-electron chi connectivity index (χ4n) is 0.199. The van der Waals surface area contributed by atoms with Crippen LogP contribution in [0.5, 0.6) is 0 Å². The number of aliphatic hydroxyl groups excluding tert-OH is 3. The van der Waals surface area contributed by atoms with Gasteiger partial charge in [-0.15, -0.1) is 0 Å². The van der Waals surface area contributed by atoms with Gasteiger partial charge in [0.1, 0.15) is 12.2 Å². The first-order chi connectivity index (χ1) is 3.72. The van der Waals surface area contributed by atoms with Crippen molar-refractivity contribution < 1.29 is 47.5 Å². The van der Waals surface area contributed by atoms with Crippen LogP contribution in [0.4, 0.5) is 0 Å². The number of aliphatic hydroxyl groups is 3. The highest BCUT2D eigenvalue weighted by atomic mass is 16.4. The van der Waals surface area contributed by atoms with E-state index in [1.54, 1.807) is 0 Å². The summed E-state index contributed by atoms with van der Waals surface area (Å²) in [4.78, 5) is 9.58. The van der Waals surface area contributed by atoms with E-state index in [4.69, 9.17) is 15.3 Å². The lowest BCUT2D eigenvalue weighted by atomic mass is 10.2. The summed E-state index contributed by atoms with van der Waals surface area (Å²) in [7, 11) is 0. The molecule has 0 aromatic heterocycles. The number of hydrogen-bond donors (Lipinski definition) is 3. The van der Waals surface area contributed by atoms with E-state index in [2.05, 4.69) is 0 Å². The number of aldehydes is 1. The molecule has 0 spiro atoms. The molecule has 0 saturated carbocycles. The van der Waals surface area contributed by atoms with E-state index < -0.39 is 18.8 Å². The van der Waals surface area contributed by atoms with Gasteiger partial charge in [-0.3, -0.25) is 0 Å². The first-order valence-electron chi connectivity index (χ1n) is 2.14. The molecule has 0 aromatic rings. The lowest BCUT2D eigenvalue weighted by Crippen LogP contribution is -2.30. The van der Waals surface area contributed by atoms with E-state index in [1.807, 2.05) is 0 Å². The van der Waals surface area contributed by atoms with Crippen molar-refractivity contribution in [2.75, 3.05) is 6.61 Å². The molecule has 0 aliphatic carbocycles. The van der Waals surface area contributed by atoms with Crippen molar-refractivity contribution in [1.29, 1.82) is 0 Å². The van der Waals surface area contributed by atoms with Crippen LogP contribution in [0.1, 0.15) is 0 Å². The molecule has 13 heavy (non-hydrogen) atoms. The van der Waals surface area contributed by atoms with Gasteiger partial charge in [-0.2, -0.15) is 0 Å². The normalized spacial score (nSPS) is 10.7. The van der Waals surface area contributed by atoms with Gasteiger partial charge in [0.25, 0.3) is 0 Å². The Morgan fingerprint density at radius 2 is 1.31 bits per heavy atom. The highest BCUT2D eigenvalue weighted by Gasteiger charge is 2.12. The summed E-state index contributed by atoms with van der Waals surface area (Å²) in [6.07, 6.45) is -2.63. The molecule has 13 N–H and O–H groups in total. The van der Waals surface area contributed by atoms with Crippen molar-refractivity contribution in [2.24, 2.45) is 0 Å². The topological polar surface area (TPSA) is 235 Å². The van der Waals surface area contributed by atoms with Crippen LogP contribution >= 0.6 is 0 Å². The van der Waals surface area contributed by atoms with Crippen LogP contribution in [0, 0.1) is 0 Å². The summed E-state index contributed by atoms with van der Waals surface area (Å²) in [6.45, 7) is -0.597. The fourth-order valence-corrected chi connectivity index (χ4v) is 0.199. The zero-order valence-corrected chi connectivity index (χ0v) is 6.69. The summed E-state index contributed by atoms with van der Waals surface area (Å²) in [5, 5.41) is 24.8. The summed E-state index contributed by atoms with van der Waals surface area (Å²) < 4.78 is 0. The van der Waals surface area contributed by atoms with E-state index in [0.29, 0.717) is 0 Å². The van der Waals surface area contributed by atoms with Crippen molar-refractivity contribution >= 4 is 6.29 Å². The maximum atomic E-state index is 9.58. The Bertz CT molecular complexity index is 76.0. The third kappa shape index (κ3) is 18.4. The maximum Gasteiger partial charge on any atom is 0.151 e. The van der Waals surface area contributed by atoms with Gasteiger partial charge >= 0.3 is 0 Å². The molecule has 0 bridgehead atoms. The summed E-state index contributed by atoms with van der Waals surface area (Å²) in [6, 6.07) is 0. The maximum absolute atomic E-state index is 9.58. The van der Waals surface area contributed by atoms with Crippen molar-refractivity contribution in [3.05, 3.63) is 0 Å². The van der Waals surface area contributed by atoms with Crippen LogP contribution in [0.3, 0.4) is 0 Å². The summed E-state index contributed by atoms with van der Waals surface area (Å²) in [5.74, 6) is 0. The third-order valence-electron chi connectivity index (χ3n) is 0.721. The van der Waals surface area contributed by atoms with Gasteiger partial charge in [-0.1, -0.05) is 0 Å². The average Bonchev–Trinajstić information content (AvgIpc) is 1.84. The van der Waals surface area contributed by atoms with E-state index in [9.17, 15) is 4.79 Å². The zero-order chi connectivity index (χ0) is 6.57. The van der Waals surface area contributed by atoms with Crippen molar-refractivity contribution in [1.82, 2.24) is 0 Å². The molecular weight excluding hydrogens is 192 g/mol. The van der Waals surface area contributed by atoms with E-state index >= 15 is 0 Å². The van der Waals surface area contributed by atoms with Crippen LogP contribution in [-0.4, -0.2) is 67.8 Å². The predicted molar refractivity (Wildman–Crippen MR) is 43.2 cm³/mol. The Labute approximate surface area is 73.8 Å². The molecule has 9 heteroatoms. The zero-order valence-electron chi connectivity index (χ0n) is 6.69. The van der Waals surface area contributed by atoms with Crippen LogP contribution in [0.2, 0.25) is 0 Å². The van der Waals surface area contributed by atoms with Crippen molar-refractivity contribution in [3.63, 3.8) is 0 Å². The largest absolute Gasteiger partial charge is 0.412 e. The molecule has 9 nitrogen and oxygen atoms in total. The molecule has 88 valence electrons. The molecule has 0 amide bonds. The predicted octanol–water partition coefficient (Wildman–Crippen LogP) is -6.22. The summed E-state index contributed by atoms with van der Waals surface area (Å²) in [5.41, 5.74) is 0. The molecule has 0 heterocycles. The Kier molecular flexibility index (Phi) is 68.3. The van der Waals surface area contributed by atoms with Gasteiger partial charge in [0.2, 0.25) is 0 Å². The SMILES string of the molecule is O.O.O.O.O.O=C[C@@H](O)[C@H](O)CO. The molecule has 0 aliphatic rings. The van der Waals surface area contributed by atoms with E-state index in [0.717, 1.165) is 0 Å². The molecule has 0 fully saturated rings. The second kappa shape index (κ2) is 22.5. The molecule has 0 unspecified atom stereocenters.